The normalized spacial score (nSPS) is 13.2. The Morgan fingerprint density at radius 3 is 1.44 bits per heavy atom. The summed E-state index contributed by atoms with van der Waals surface area (Å²) < 4.78 is 0. The molecule has 11 aromatic rings. The van der Waals surface area contributed by atoms with Gasteiger partial charge in [0, 0.05) is 22.6 Å². The molecule has 0 saturated heterocycles. The van der Waals surface area contributed by atoms with Gasteiger partial charge in [-0.15, -0.1) is 0 Å². The van der Waals surface area contributed by atoms with E-state index >= 15 is 0 Å². The minimum atomic E-state index is -0.568. The Morgan fingerprint density at radius 2 is 0.794 bits per heavy atom. The van der Waals surface area contributed by atoms with Crippen LogP contribution in [0, 0.1) is 0 Å². The molecule has 0 radical (unpaired) electrons. The highest BCUT2D eigenvalue weighted by molar-refractivity contribution is 6.26. The van der Waals surface area contributed by atoms with Gasteiger partial charge < -0.3 is 9.80 Å². The quantitative estimate of drug-likeness (QED) is 0.160. The van der Waals surface area contributed by atoms with Crippen molar-refractivity contribution in [3.05, 3.63) is 265 Å². The van der Waals surface area contributed by atoms with Crippen LogP contribution in [0.25, 0.3) is 54.6 Å². The van der Waals surface area contributed by atoms with Crippen LogP contribution in [0.5, 0.6) is 0 Å². The Balaban J connectivity index is 1.10. The van der Waals surface area contributed by atoms with Crippen molar-refractivity contribution in [2.45, 2.75) is 5.41 Å². The van der Waals surface area contributed by atoms with Crippen LogP contribution in [-0.2, 0) is 5.41 Å². The maximum atomic E-state index is 2.50. The maximum absolute atomic E-state index is 2.50. The van der Waals surface area contributed by atoms with Gasteiger partial charge in [-0.3, -0.25) is 0 Å². The zero-order chi connectivity index (χ0) is 41.5. The first kappa shape index (κ1) is 35.5. The number of rotatable bonds is 5. The highest BCUT2D eigenvalue weighted by Crippen LogP contribution is 2.65. The third-order valence-electron chi connectivity index (χ3n) is 13.6. The Hall–Kier alpha value is -8.20. The first-order valence-electron chi connectivity index (χ1n) is 21.9. The molecule has 0 aromatic heterocycles. The van der Waals surface area contributed by atoms with E-state index in [1.807, 2.05) is 0 Å². The van der Waals surface area contributed by atoms with Crippen LogP contribution in [0.15, 0.2) is 243 Å². The van der Waals surface area contributed by atoms with E-state index in [1.165, 1.54) is 88.2 Å². The summed E-state index contributed by atoms with van der Waals surface area (Å²) in [7, 11) is 0. The summed E-state index contributed by atoms with van der Waals surface area (Å²) in [5.41, 5.74) is 16.4. The highest BCUT2D eigenvalue weighted by Gasteiger charge is 2.52. The molecule has 2 heteroatoms. The molecule has 0 fully saturated rings. The monoisotopic (exact) mass is 800 g/mol. The summed E-state index contributed by atoms with van der Waals surface area (Å²) in [4.78, 5) is 4.95. The topological polar surface area (TPSA) is 6.48 Å². The van der Waals surface area contributed by atoms with Crippen LogP contribution in [-0.4, -0.2) is 0 Å². The molecule has 0 amide bonds. The second kappa shape index (κ2) is 13.9. The van der Waals surface area contributed by atoms with E-state index in [-0.39, 0.29) is 0 Å². The molecular formula is C61H40N2. The molecule has 1 heterocycles. The minimum absolute atomic E-state index is 0.568. The van der Waals surface area contributed by atoms with Gasteiger partial charge in [0.15, 0.2) is 0 Å². The number of para-hydroxylation sites is 3. The van der Waals surface area contributed by atoms with E-state index in [1.54, 1.807) is 0 Å². The van der Waals surface area contributed by atoms with E-state index < -0.39 is 5.41 Å². The molecule has 1 aliphatic heterocycles. The largest absolute Gasteiger partial charge is 0.310 e. The first-order valence-corrected chi connectivity index (χ1v) is 21.9. The zero-order valence-electron chi connectivity index (χ0n) is 34.5. The van der Waals surface area contributed by atoms with Crippen LogP contribution in [0.2, 0.25) is 0 Å². The summed E-state index contributed by atoms with van der Waals surface area (Å²) in [5, 5.41) is 7.58. The van der Waals surface area contributed by atoms with E-state index in [2.05, 4.69) is 252 Å². The van der Waals surface area contributed by atoms with Gasteiger partial charge in [0.1, 0.15) is 0 Å². The molecule has 11 aromatic carbocycles. The van der Waals surface area contributed by atoms with Crippen LogP contribution in [0.1, 0.15) is 22.3 Å². The standard InChI is InChI=1S/C61H40N2/c1-3-18-41(19-4-1)42-34-36-44(37-35-42)62(45-38-39-50-48-24-8-7-22-46(48)47-23-9-10-25-49(47)52(50)40-45)59-33-17-30-56-60(59)51-26-11-12-27-53(51)61(56)54-28-13-15-31-57(54)63(43-20-5-2-6-21-43)58-32-16-14-29-55(58)61/h1-40H. The van der Waals surface area contributed by atoms with Crippen molar-refractivity contribution in [3.63, 3.8) is 0 Å². The SMILES string of the molecule is c1ccc(-c2ccc(N(c3ccc4c5ccccc5c5ccccc5c4c3)c3cccc4c3-c3ccccc3C43c4ccccc4N(c4ccccc4)c4ccccc43)cc2)cc1. The molecule has 63 heavy (non-hydrogen) atoms. The number of fused-ring (bicyclic) bond motifs is 15. The Morgan fingerprint density at radius 1 is 0.317 bits per heavy atom. The fourth-order valence-electron chi connectivity index (χ4n) is 11.1. The third kappa shape index (κ3) is 5.13. The van der Waals surface area contributed by atoms with Gasteiger partial charge in [-0.05, 0) is 126 Å². The third-order valence-corrected chi connectivity index (χ3v) is 13.6. The Kier molecular flexibility index (Phi) is 7.85. The number of hydrogen-bond donors (Lipinski definition) is 0. The van der Waals surface area contributed by atoms with Gasteiger partial charge in [0.25, 0.3) is 0 Å². The Labute approximate surface area is 367 Å². The number of anilines is 6. The second-order valence-corrected chi connectivity index (χ2v) is 16.8. The van der Waals surface area contributed by atoms with Crippen LogP contribution >= 0.6 is 0 Å². The molecule has 294 valence electrons. The lowest BCUT2D eigenvalue weighted by molar-refractivity contribution is 0.752. The molecule has 1 spiro atoms. The molecule has 0 unspecified atom stereocenters. The van der Waals surface area contributed by atoms with Crippen molar-refractivity contribution in [1.82, 2.24) is 0 Å². The van der Waals surface area contributed by atoms with Gasteiger partial charge in [-0.25, -0.2) is 0 Å². The lowest BCUT2D eigenvalue weighted by atomic mass is 9.64. The van der Waals surface area contributed by atoms with Crippen LogP contribution < -0.4 is 9.80 Å². The number of hydrogen-bond acceptors (Lipinski definition) is 2. The van der Waals surface area contributed by atoms with Gasteiger partial charge in [0.2, 0.25) is 0 Å². The van der Waals surface area contributed by atoms with Gasteiger partial charge >= 0.3 is 0 Å². The van der Waals surface area contributed by atoms with Gasteiger partial charge in [-0.1, -0.05) is 188 Å². The van der Waals surface area contributed by atoms with Crippen molar-refractivity contribution in [2.24, 2.45) is 0 Å². The van der Waals surface area contributed by atoms with Gasteiger partial charge in [0.05, 0.1) is 22.5 Å². The van der Waals surface area contributed by atoms with E-state index in [9.17, 15) is 0 Å². The molecular weight excluding hydrogens is 761 g/mol. The van der Waals surface area contributed by atoms with E-state index in [4.69, 9.17) is 0 Å². The van der Waals surface area contributed by atoms with Crippen molar-refractivity contribution in [3.8, 4) is 22.3 Å². The molecule has 0 atom stereocenters. The highest BCUT2D eigenvalue weighted by atomic mass is 15.2. The van der Waals surface area contributed by atoms with Crippen molar-refractivity contribution in [1.29, 1.82) is 0 Å². The predicted octanol–water partition coefficient (Wildman–Crippen LogP) is 16.4. The van der Waals surface area contributed by atoms with Gasteiger partial charge in [-0.2, -0.15) is 0 Å². The molecule has 1 aliphatic carbocycles. The maximum Gasteiger partial charge on any atom is 0.0755 e. The summed E-state index contributed by atoms with van der Waals surface area (Å²) >= 11 is 0. The average Bonchev–Trinajstić information content (AvgIpc) is 3.66. The first-order chi connectivity index (χ1) is 31.3. The van der Waals surface area contributed by atoms with Crippen molar-refractivity contribution in [2.75, 3.05) is 9.80 Å². The molecule has 2 nitrogen and oxygen atoms in total. The Bertz CT molecular complexity index is 3490. The lowest BCUT2D eigenvalue weighted by Crippen LogP contribution is -2.36. The fourth-order valence-corrected chi connectivity index (χ4v) is 11.1. The van der Waals surface area contributed by atoms with Crippen LogP contribution in [0.4, 0.5) is 34.1 Å². The van der Waals surface area contributed by atoms with Crippen molar-refractivity contribution < 1.29 is 0 Å². The zero-order valence-corrected chi connectivity index (χ0v) is 34.5. The summed E-state index contributed by atoms with van der Waals surface area (Å²) in [6.07, 6.45) is 0. The summed E-state index contributed by atoms with van der Waals surface area (Å²) in [5.74, 6) is 0. The van der Waals surface area contributed by atoms with Crippen molar-refractivity contribution >= 4 is 66.4 Å². The lowest BCUT2D eigenvalue weighted by Gasteiger charge is -2.45. The fraction of sp³-hybridized carbons (Fsp3) is 0.0164. The smallest absolute Gasteiger partial charge is 0.0755 e. The summed E-state index contributed by atoms with van der Waals surface area (Å²) in [6, 6.07) is 89.7. The second-order valence-electron chi connectivity index (χ2n) is 16.8. The molecule has 0 N–H and O–H groups in total. The number of nitrogens with zero attached hydrogens (tertiary/aromatic N) is 2. The molecule has 2 aliphatic rings. The molecule has 13 rings (SSSR count). The average molecular weight is 801 g/mol. The summed E-state index contributed by atoms with van der Waals surface area (Å²) in [6.45, 7) is 0. The molecule has 0 bridgehead atoms. The van der Waals surface area contributed by atoms with Crippen LogP contribution in [0.3, 0.4) is 0 Å². The predicted molar refractivity (Wildman–Crippen MR) is 265 cm³/mol. The van der Waals surface area contributed by atoms with E-state index in [0.29, 0.717) is 0 Å². The molecule has 0 saturated carbocycles. The minimum Gasteiger partial charge on any atom is -0.310 e. The number of benzene rings is 11. The van der Waals surface area contributed by atoms with E-state index in [0.717, 1.165) is 22.7 Å².